The molecule has 0 saturated carbocycles. The lowest BCUT2D eigenvalue weighted by molar-refractivity contribution is -0.137. The molecule has 2 aromatic carbocycles. The van der Waals surface area contributed by atoms with Gasteiger partial charge < -0.3 is 0 Å². The maximum atomic E-state index is 13.8. The van der Waals surface area contributed by atoms with E-state index < -0.39 is 22.9 Å². The van der Waals surface area contributed by atoms with E-state index in [9.17, 15) is 17.6 Å². The van der Waals surface area contributed by atoms with Gasteiger partial charge in [0.05, 0.1) is 10.9 Å². The summed E-state index contributed by atoms with van der Waals surface area (Å²) < 4.78 is 51.9. The second-order valence-electron chi connectivity index (χ2n) is 4.26. The minimum Gasteiger partial charge on any atom is -0.207 e. The largest absolute Gasteiger partial charge is 0.416 e. The first-order valence-corrected chi connectivity index (χ1v) is 6.85. The molecule has 0 aliphatic heterocycles. The van der Waals surface area contributed by atoms with Gasteiger partial charge in [0.2, 0.25) is 0 Å². The van der Waals surface area contributed by atoms with Gasteiger partial charge in [-0.1, -0.05) is 23.2 Å². The molecule has 0 fully saturated rings. The third-order valence-electron chi connectivity index (χ3n) is 2.83. The van der Waals surface area contributed by atoms with Crippen LogP contribution >= 0.6 is 34.8 Å². The van der Waals surface area contributed by atoms with Crippen LogP contribution in [-0.4, -0.2) is 0 Å². The maximum Gasteiger partial charge on any atom is 0.416 e. The molecule has 112 valence electrons. The highest BCUT2D eigenvalue weighted by Gasteiger charge is 2.32. The maximum absolute atomic E-state index is 13.8. The van der Waals surface area contributed by atoms with Crippen LogP contribution in [0.5, 0.6) is 0 Å². The highest BCUT2D eigenvalue weighted by molar-refractivity contribution is 6.35. The van der Waals surface area contributed by atoms with Crippen molar-refractivity contribution in [2.45, 2.75) is 11.6 Å². The van der Waals surface area contributed by atoms with Gasteiger partial charge in [-0.2, -0.15) is 13.2 Å². The number of halogens is 7. The molecule has 0 aromatic heterocycles. The zero-order chi connectivity index (χ0) is 15.8. The van der Waals surface area contributed by atoms with Crippen LogP contribution in [0.2, 0.25) is 10.0 Å². The smallest absolute Gasteiger partial charge is 0.207 e. The van der Waals surface area contributed by atoms with Crippen molar-refractivity contribution in [2.75, 3.05) is 0 Å². The number of hydrogen-bond acceptors (Lipinski definition) is 0. The molecule has 0 saturated heterocycles. The molecule has 0 aliphatic carbocycles. The molecule has 0 heterocycles. The van der Waals surface area contributed by atoms with Gasteiger partial charge in [0, 0.05) is 15.6 Å². The normalized spacial score (nSPS) is 13.3. The highest BCUT2D eigenvalue weighted by atomic mass is 35.5. The van der Waals surface area contributed by atoms with Crippen molar-refractivity contribution in [3.63, 3.8) is 0 Å². The molecule has 0 spiro atoms. The summed E-state index contributed by atoms with van der Waals surface area (Å²) in [5.74, 6) is -0.848. The van der Waals surface area contributed by atoms with Gasteiger partial charge in [0.25, 0.3) is 0 Å². The van der Waals surface area contributed by atoms with E-state index in [0.717, 1.165) is 6.07 Å². The van der Waals surface area contributed by atoms with E-state index in [1.807, 2.05) is 0 Å². The molecule has 1 unspecified atom stereocenters. The summed E-state index contributed by atoms with van der Waals surface area (Å²) in [5.41, 5.74) is -1.05. The fourth-order valence-corrected chi connectivity index (χ4v) is 2.60. The Labute approximate surface area is 133 Å². The van der Waals surface area contributed by atoms with Crippen molar-refractivity contribution < 1.29 is 17.6 Å². The molecule has 1 atom stereocenters. The Morgan fingerprint density at radius 1 is 0.905 bits per heavy atom. The lowest BCUT2D eigenvalue weighted by Gasteiger charge is -2.15. The second kappa shape index (κ2) is 6.03. The standard InChI is InChI=1S/C14H7Cl3F4/c15-8-2-3-11(16)9(6-8)13(17)10-5-7(14(19,20)21)1-4-12(10)18/h1-6,13H. The molecule has 2 rings (SSSR count). The molecule has 7 heteroatoms. The van der Waals surface area contributed by atoms with Crippen LogP contribution in [-0.2, 0) is 6.18 Å². The molecule has 0 aliphatic rings. The van der Waals surface area contributed by atoms with E-state index in [4.69, 9.17) is 34.8 Å². The average Bonchev–Trinajstić information content (AvgIpc) is 2.40. The van der Waals surface area contributed by atoms with Gasteiger partial charge in [-0.3, -0.25) is 0 Å². The van der Waals surface area contributed by atoms with Crippen LogP contribution in [0.25, 0.3) is 0 Å². The minimum absolute atomic E-state index is 0.191. The van der Waals surface area contributed by atoms with Crippen molar-refractivity contribution in [3.8, 4) is 0 Å². The van der Waals surface area contributed by atoms with Crippen molar-refractivity contribution in [1.82, 2.24) is 0 Å². The van der Waals surface area contributed by atoms with Crippen LogP contribution in [0.3, 0.4) is 0 Å². The first-order chi connectivity index (χ1) is 9.70. The van der Waals surface area contributed by atoms with Crippen molar-refractivity contribution >= 4 is 34.8 Å². The summed E-state index contributed by atoms with van der Waals surface area (Å²) in [7, 11) is 0. The fraction of sp³-hybridized carbons (Fsp3) is 0.143. The van der Waals surface area contributed by atoms with E-state index in [-0.39, 0.29) is 16.1 Å². The number of benzene rings is 2. The van der Waals surface area contributed by atoms with Gasteiger partial charge in [-0.25, -0.2) is 4.39 Å². The van der Waals surface area contributed by atoms with E-state index in [2.05, 4.69) is 0 Å². The van der Waals surface area contributed by atoms with Gasteiger partial charge >= 0.3 is 6.18 Å². The van der Waals surface area contributed by atoms with E-state index in [0.29, 0.717) is 17.2 Å². The van der Waals surface area contributed by atoms with Gasteiger partial charge in [0.15, 0.2) is 0 Å². The number of rotatable bonds is 2. The summed E-state index contributed by atoms with van der Waals surface area (Å²) in [4.78, 5) is 0. The third kappa shape index (κ3) is 3.62. The SMILES string of the molecule is Fc1ccc(C(F)(F)F)cc1C(Cl)c1cc(Cl)ccc1Cl. The number of hydrogen-bond donors (Lipinski definition) is 0. The van der Waals surface area contributed by atoms with Crippen molar-refractivity contribution in [1.29, 1.82) is 0 Å². The molecule has 0 radical (unpaired) electrons. The minimum atomic E-state index is -4.59. The summed E-state index contributed by atoms with van der Waals surface area (Å²) in [6.45, 7) is 0. The summed E-state index contributed by atoms with van der Waals surface area (Å²) >= 11 is 17.8. The molecule has 0 N–H and O–H groups in total. The lowest BCUT2D eigenvalue weighted by atomic mass is 10.0. The predicted molar refractivity (Wildman–Crippen MR) is 75.6 cm³/mol. The molecule has 0 amide bonds. The van der Waals surface area contributed by atoms with E-state index in [1.165, 1.54) is 18.2 Å². The Morgan fingerprint density at radius 2 is 1.57 bits per heavy atom. The van der Waals surface area contributed by atoms with Crippen LogP contribution in [0.4, 0.5) is 17.6 Å². The summed E-state index contributed by atoms with van der Waals surface area (Å²) in [6, 6.07) is 6.39. The Balaban J connectivity index is 2.52. The van der Waals surface area contributed by atoms with Crippen LogP contribution in [0.1, 0.15) is 22.1 Å². The Bertz CT molecular complexity index is 668. The Kier molecular flexibility index (Phi) is 4.71. The predicted octanol–water partition coefficient (Wildman–Crippen LogP) is 6.48. The van der Waals surface area contributed by atoms with Gasteiger partial charge in [-0.15, -0.1) is 11.6 Å². The zero-order valence-corrected chi connectivity index (χ0v) is 12.5. The van der Waals surface area contributed by atoms with Crippen molar-refractivity contribution in [2.24, 2.45) is 0 Å². The summed E-state index contributed by atoms with van der Waals surface area (Å²) in [5, 5.41) is -0.692. The highest BCUT2D eigenvalue weighted by Crippen LogP contribution is 2.39. The molecule has 0 nitrogen and oxygen atoms in total. The van der Waals surface area contributed by atoms with E-state index >= 15 is 0 Å². The molecular formula is C14H7Cl3F4. The first kappa shape index (κ1) is 16.4. The van der Waals surface area contributed by atoms with E-state index in [1.54, 1.807) is 0 Å². The van der Waals surface area contributed by atoms with Crippen LogP contribution < -0.4 is 0 Å². The monoisotopic (exact) mass is 356 g/mol. The fourth-order valence-electron chi connectivity index (χ4n) is 1.79. The van der Waals surface area contributed by atoms with Crippen LogP contribution in [0, 0.1) is 5.82 Å². The molecule has 2 aromatic rings. The van der Waals surface area contributed by atoms with Crippen LogP contribution in [0.15, 0.2) is 36.4 Å². The van der Waals surface area contributed by atoms with Gasteiger partial charge in [0.1, 0.15) is 5.82 Å². The topological polar surface area (TPSA) is 0 Å². The zero-order valence-electron chi connectivity index (χ0n) is 10.2. The molecule has 0 bridgehead atoms. The Hall–Kier alpha value is -0.970. The lowest BCUT2D eigenvalue weighted by Crippen LogP contribution is -2.07. The quantitative estimate of drug-likeness (QED) is 0.426. The molecular weight excluding hydrogens is 351 g/mol. The summed E-state index contributed by atoms with van der Waals surface area (Å²) in [6.07, 6.45) is -4.59. The van der Waals surface area contributed by atoms with Crippen molar-refractivity contribution in [3.05, 3.63) is 69.0 Å². The second-order valence-corrected chi connectivity index (χ2v) is 5.54. The molecule has 21 heavy (non-hydrogen) atoms. The Morgan fingerprint density at radius 3 is 2.19 bits per heavy atom. The first-order valence-electron chi connectivity index (χ1n) is 5.66. The number of alkyl halides is 4. The average molecular weight is 358 g/mol. The van der Waals surface area contributed by atoms with Gasteiger partial charge in [-0.05, 0) is 42.0 Å². The third-order valence-corrected chi connectivity index (χ3v) is 3.88.